The molecule has 1 heterocycles. The van der Waals surface area contributed by atoms with Gasteiger partial charge in [-0.1, -0.05) is 12.5 Å². The number of nitrogens with zero attached hydrogens (tertiary/aromatic N) is 1. The van der Waals surface area contributed by atoms with Gasteiger partial charge in [-0.3, -0.25) is 0 Å². The number of hydrogen-bond acceptors (Lipinski definition) is 2. The van der Waals surface area contributed by atoms with Crippen molar-refractivity contribution in [3.63, 3.8) is 0 Å². The van der Waals surface area contributed by atoms with Crippen LogP contribution in [0, 0.1) is 5.92 Å². The van der Waals surface area contributed by atoms with Crippen LogP contribution in [0.2, 0.25) is 0 Å². The zero-order valence-corrected chi connectivity index (χ0v) is 10.4. The van der Waals surface area contributed by atoms with Gasteiger partial charge in [0.15, 0.2) is 0 Å². The number of piperidine rings is 1. The third-order valence-electron chi connectivity index (χ3n) is 3.14. The van der Waals surface area contributed by atoms with E-state index in [1.54, 1.807) is 0 Å². The Labute approximate surface area is 94.7 Å². The zero-order chi connectivity index (χ0) is 11.1. The average molecular weight is 210 g/mol. The van der Waals surface area contributed by atoms with Crippen LogP contribution in [0.4, 0.5) is 0 Å². The molecule has 0 saturated carbocycles. The topological polar surface area (TPSA) is 15.3 Å². The molecule has 0 aromatic heterocycles. The highest BCUT2D eigenvalue weighted by Gasteiger charge is 2.18. The van der Waals surface area contributed by atoms with Crippen molar-refractivity contribution < 1.29 is 0 Å². The summed E-state index contributed by atoms with van der Waals surface area (Å²) < 4.78 is 0. The Kier molecular flexibility index (Phi) is 5.96. The predicted molar refractivity (Wildman–Crippen MR) is 67.1 cm³/mol. The molecule has 1 saturated heterocycles. The van der Waals surface area contributed by atoms with Gasteiger partial charge >= 0.3 is 0 Å². The second kappa shape index (κ2) is 7.02. The summed E-state index contributed by atoms with van der Waals surface area (Å²) in [7, 11) is 0. The molecule has 1 fully saturated rings. The average Bonchev–Trinajstić information content (AvgIpc) is 2.24. The smallest absolute Gasteiger partial charge is 0.00219 e. The first-order valence-corrected chi connectivity index (χ1v) is 6.29. The molecule has 0 bridgehead atoms. The fraction of sp³-hybridized carbons (Fsp3) is 0.846. The predicted octanol–water partition coefficient (Wildman–Crippen LogP) is 2.27. The van der Waals surface area contributed by atoms with Gasteiger partial charge in [-0.15, -0.1) is 6.58 Å². The van der Waals surface area contributed by atoms with Crippen molar-refractivity contribution in [2.24, 2.45) is 5.92 Å². The minimum Gasteiger partial charge on any atom is -0.317 e. The second-order valence-corrected chi connectivity index (χ2v) is 4.82. The fourth-order valence-corrected chi connectivity index (χ4v) is 2.22. The first-order valence-electron chi connectivity index (χ1n) is 6.29. The van der Waals surface area contributed by atoms with Crippen LogP contribution < -0.4 is 5.32 Å². The molecule has 1 aliphatic heterocycles. The number of hydrogen-bond donors (Lipinski definition) is 1. The Balaban J connectivity index is 2.19. The van der Waals surface area contributed by atoms with Crippen molar-refractivity contribution >= 4 is 0 Å². The molecule has 1 atom stereocenters. The lowest BCUT2D eigenvalue weighted by Crippen LogP contribution is -2.40. The van der Waals surface area contributed by atoms with Crippen LogP contribution in [0.5, 0.6) is 0 Å². The third kappa shape index (κ3) is 5.33. The third-order valence-corrected chi connectivity index (χ3v) is 3.14. The summed E-state index contributed by atoms with van der Waals surface area (Å²) in [6, 6.07) is 0. The van der Waals surface area contributed by atoms with Crippen molar-refractivity contribution in [1.29, 1.82) is 0 Å². The lowest BCUT2D eigenvalue weighted by atomic mass is 9.97. The van der Waals surface area contributed by atoms with Gasteiger partial charge in [-0.05, 0) is 51.7 Å². The molecule has 88 valence electrons. The van der Waals surface area contributed by atoms with Gasteiger partial charge in [-0.2, -0.15) is 0 Å². The summed E-state index contributed by atoms with van der Waals surface area (Å²) in [5, 5.41) is 3.46. The van der Waals surface area contributed by atoms with Crippen molar-refractivity contribution in [2.75, 3.05) is 32.7 Å². The van der Waals surface area contributed by atoms with E-state index in [1.165, 1.54) is 44.6 Å². The van der Waals surface area contributed by atoms with Crippen LogP contribution in [0.1, 0.15) is 33.1 Å². The van der Waals surface area contributed by atoms with E-state index in [4.69, 9.17) is 0 Å². The highest BCUT2D eigenvalue weighted by molar-refractivity contribution is 4.89. The summed E-state index contributed by atoms with van der Waals surface area (Å²) in [4.78, 5) is 2.60. The summed E-state index contributed by atoms with van der Waals surface area (Å²) in [6.45, 7) is 14.3. The van der Waals surface area contributed by atoms with Crippen LogP contribution >= 0.6 is 0 Å². The minimum atomic E-state index is 0.865. The number of likely N-dealkylation sites (tertiary alicyclic amines) is 1. The molecule has 0 aromatic carbocycles. The van der Waals surface area contributed by atoms with Crippen molar-refractivity contribution in [2.45, 2.75) is 33.1 Å². The lowest BCUT2D eigenvalue weighted by molar-refractivity contribution is 0.174. The lowest BCUT2D eigenvalue weighted by Gasteiger charge is -2.32. The largest absolute Gasteiger partial charge is 0.317 e. The van der Waals surface area contributed by atoms with E-state index < -0.39 is 0 Å². The Morgan fingerprint density at radius 1 is 1.53 bits per heavy atom. The van der Waals surface area contributed by atoms with Gasteiger partial charge < -0.3 is 10.2 Å². The van der Waals surface area contributed by atoms with Gasteiger partial charge in [0.25, 0.3) is 0 Å². The number of nitrogens with one attached hydrogen (secondary N) is 1. The van der Waals surface area contributed by atoms with Crippen LogP contribution in [0.15, 0.2) is 12.2 Å². The molecule has 0 aliphatic carbocycles. The Bertz CT molecular complexity index is 189. The molecular formula is C13H26N2. The minimum absolute atomic E-state index is 0.865. The number of rotatable bonds is 6. The molecule has 0 amide bonds. The highest BCUT2D eigenvalue weighted by atomic mass is 15.1. The van der Waals surface area contributed by atoms with Gasteiger partial charge in [0.1, 0.15) is 0 Å². The maximum atomic E-state index is 3.97. The van der Waals surface area contributed by atoms with E-state index >= 15 is 0 Å². The summed E-state index contributed by atoms with van der Waals surface area (Å²) in [6.07, 6.45) is 3.93. The standard InChI is InChI=1S/C13H26N2/c1-4-14-10-13-6-5-8-15(11-13)9-7-12(2)3/h13-14H,2,4-11H2,1,3H3. The fourth-order valence-electron chi connectivity index (χ4n) is 2.22. The van der Waals surface area contributed by atoms with E-state index in [9.17, 15) is 0 Å². The Hall–Kier alpha value is -0.340. The molecule has 15 heavy (non-hydrogen) atoms. The van der Waals surface area contributed by atoms with Crippen LogP contribution in [0.25, 0.3) is 0 Å². The molecule has 1 rings (SSSR count). The van der Waals surface area contributed by atoms with E-state index in [2.05, 4.69) is 30.6 Å². The normalized spacial score (nSPS) is 22.9. The highest BCUT2D eigenvalue weighted by Crippen LogP contribution is 2.16. The van der Waals surface area contributed by atoms with Gasteiger partial charge in [0.2, 0.25) is 0 Å². The van der Waals surface area contributed by atoms with Gasteiger partial charge in [-0.25, -0.2) is 0 Å². The maximum Gasteiger partial charge on any atom is 0.00219 e. The summed E-state index contributed by atoms with van der Waals surface area (Å²) in [5.74, 6) is 0.865. The molecular weight excluding hydrogens is 184 g/mol. The maximum absolute atomic E-state index is 3.97. The van der Waals surface area contributed by atoms with Gasteiger partial charge in [0.05, 0.1) is 0 Å². The second-order valence-electron chi connectivity index (χ2n) is 4.82. The van der Waals surface area contributed by atoms with Crippen LogP contribution in [-0.4, -0.2) is 37.6 Å². The monoisotopic (exact) mass is 210 g/mol. The summed E-state index contributed by atoms with van der Waals surface area (Å²) in [5.41, 5.74) is 1.31. The quantitative estimate of drug-likeness (QED) is 0.677. The first kappa shape index (κ1) is 12.7. The van der Waals surface area contributed by atoms with Gasteiger partial charge in [0, 0.05) is 13.1 Å². The molecule has 1 unspecified atom stereocenters. The van der Waals surface area contributed by atoms with E-state index in [1.807, 2.05) is 0 Å². The van der Waals surface area contributed by atoms with Crippen molar-refractivity contribution in [3.05, 3.63) is 12.2 Å². The van der Waals surface area contributed by atoms with Crippen molar-refractivity contribution in [3.8, 4) is 0 Å². The van der Waals surface area contributed by atoms with Crippen molar-refractivity contribution in [1.82, 2.24) is 10.2 Å². The van der Waals surface area contributed by atoms with Crippen LogP contribution in [-0.2, 0) is 0 Å². The van der Waals surface area contributed by atoms with Crippen LogP contribution in [0.3, 0.4) is 0 Å². The Morgan fingerprint density at radius 2 is 2.33 bits per heavy atom. The molecule has 0 radical (unpaired) electrons. The molecule has 2 heteroatoms. The van der Waals surface area contributed by atoms with E-state index in [-0.39, 0.29) is 0 Å². The summed E-state index contributed by atoms with van der Waals surface area (Å²) >= 11 is 0. The molecule has 1 aliphatic rings. The zero-order valence-electron chi connectivity index (χ0n) is 10.4. The van der Waals surface area contributed by atoms with E-state index in [0.29, 0.717) is 0 Å². The molecule has 1 N–H and O–H groups in total. The molecule has 0 spiro atoms. The first-order chi connectivity index (χ1) is 7.22. The molecule has 0 aromatic rings. The van der Waals surface area contributed by atoms with E-state index in [0.717, 1.165) is 18.9 Å². The SMILES string of the molecule is C=C(C)CCN1CCCC(CNCC)C1. The Morgan fingerprint density at radius 3 is 3.00 bits per heavy atom. The molecule has 2 nitrogen and oxygen atoms in total.